The number of pyridine rings is 1. The number of likely N-dealkylation sites (N-methyl/N-ethyl adjacent to an activating group) is 2. The third-order valence-electron chi connectivity index (χ3n) is 3.10. The average Bonchev–Trinajstić information content (AvgIpc) is 2.34. The van der Waals surface area contributed by atoms with E-state index in [2.05, 4.69) is 9.88 Å². The van der Waals surface area contributed by atoms with Crippen LogP contribution in [0, 0.1) is 0 Å². The van der Waals surface area contributed by atoms with Crippen molar-refractivity contribution in [2.45, 2.75) is 26.2 Å². The SMILES string of the molecule is CN(C)CCN(C)c1cc(C(=O)O)cc(C(C)(C)C)n1. The number of hydrogen-bond donors (Lipinski definition) is 1. The highest BCUT2D eigenvalue weighted by molar-refractivity contribution is 5.88. The van der Waals surface area contributed by atoms with Gasteiger partial charge in [0, 0.05) is 31.2 Å². The van der Waals surface area contributed by atoms with Crippen LogP contribution in [0.1, 0.15) is 36.8 Å². The largest absolute Gasteiger partial charge is 0.478 e. The Morgan fingerprint density at radius 1 is 1.20 bits per heavy atom. The molecule has 0 aliphatic heterocycles. The second kappa shape index (κ2) is 6.22. The van der Waals surface area contributed by atoms with Crippen LogP contribution < -0.4 is 4.90 Å². The van der Waals surface area contributed by atoms with Gasteiger partial charge >= 0.3 is 5.97 Å². The minimum absolute atomic E-state index is 0.178. The van der Waals surface area contributed by atoms with Gasteiger partial charge in [-0.05, 0) is 26.2 Å². The summed E-state index contributed by atoms with van der Waals surface area (Å²) in [7, 11) is 5.95. The van der Waals surface area contributed by atoms with Gasteiger partial charge in [-0.25, -0.2) is 9.78 Å². The summed E-state index contributed by atoms with van der Waals surface area (Å²) in [6.45, 7) is 7.78. The summed E-state index contributed by atoms with van der Waals surface area (Å²) in [4.78, 5) is 19.9. The minimum atomic E-state index is -0.917. The molecule has 1 N–H and O–H groups in total. The van der Waals surface area contributed by atoms with Crippen LogP contribution in [0.25, 0.3) is 0 Å². The molecular formula is C15H25N3O2. The van der Waals surface area contributed by atoms with Gasteiger partial charge in [0.1, 0.15) is 5.82 Å². The fourth-order valence-corrected chi connectivity index (χ4v) is 1.68. The molecule has 0 unspecified atom stereocenters. The molecule has 0 amide bonds. The zero-order valence-electron chi connectivity index (χ0n) is 13.3. The normalized spacial score (nSPS) is 11.8. The molecule has 1 aromatic heterocycles. The van der Waals surface area contributed by atoms with Gasteiger partial charge < -0.3 is 14.9 Å². The Morgan fingerprint density at radius 3 is 2.25 bits per heavy atom. The van der Waals surface area contributed by atoms with Crippen LogP contribution in [0.4, 0.5) is 5.82 Å². The maximum atomic E-state index is 11.3. The van der Waals surface area contributed by atoms with Crippen LogP contribution in [0.5, 0.6) is 0 Å². The highest BCUT2D eigenvalue weighted by Crippen LogP contribution is 2.24. The molecule has 1 aromatic rings. The number of carboxylic acid groups (broad SMARTS) is 1. The summed E-state index contributed by atoms with van der Waals surface area (Å²) in [5.41, 5.74) is 0.906. The van der Waals surface area contributed by atoms with E-state index in [0.29, 0.717) is 5.82 Å². The van der Waals surface area contributed by atoms with Crippen LogP contribution in [0.2, 0.25) is 0 Å². The van der Waals surface area contributed by atoms with Crippen molar-refractivity contribution in [1.82, 2.24) is 9.88 Å². The summed E-state index contributed by atoms with van der Waals surface area (Å²) in [6.07, 6.45) is 0. The molecule has 112 valence electrons. The van der Waals surface area contributed by atoms with Crippen LogP contribution in [0.3, 0.4) is 0 Å². The van der Waals surface area contributed by atoms with Gasteiger partial charge in [0.05, 0.1) is 5.56 Å². The molecule has 0 atom stereocenters. The van der Waals surface area contributed by atoms with E-state index in [1.165, 1.54) is 0 Å². The monoisotopic (exact) mass is 279 g/mol. The molecule has 1 heterocycles. The molecule has 0 bridgehead atoms. The van der Waals surface area contributed by atoms with Crippen LogP contribution in [-0.4, -0.2) is 55.2 Å². The molecule has 0 spiro atoms. The van der Waals surface area contributed by atoms with Crippen molar-refractivity contribution in [2.24, 2.45) is 0 Å². The fourth-order valence-electron chi connectivity index (χ4n) is 1.68. The standard InChI is InChI=1S/C15H25N3O2/c1-15(2,3)12-9-11(14(19)20)10-13(16-12)18(6)8-7-17(4)5/h9-10H,7-8H2,1-6H3,(H,19,20). The van der Waals surface area contributed by atoms with Gasteiger partial charge in [-0.1, -0.05) is 20.8 Å². The number of hydrogen-bond acceptors (Lipinski definition) is 4. The lowest BCUT2D eigenvalue weighted by molar-refractivity contribution is 0.0696. The number of rotatable bonds is 5. The van der Waals surface area contributed by atoms with Gasteiger partial charge in [-0.3, -0.25) is 0 Å². The minimum Gasteiger partial charge on any atom is -0.478 e. The van der Waals surface area contributed by atoms with Crippen molar-refractivity contribution in [3.63, 3.8) is 0 Å². The Labute approximate surface area is 121 Å². The van der Waals surface area contributed by atoms with E-state index in [9.17, 15) is 9.90 Å². The number of aromatic carboxylic acids is 1. The Morgan fingerprint density at radius 2 is 1.80 bits per heavy atom. The number of carbonyl (C=O) groups is 1. The number of carboxylic acids is 1. The summed E-state index contributed by atoms with van der Waals surface area (Å²) in [5.74, 6) is -0.211. The summed E-state index contributed by atoms with van der Waals surface area (Å²) >= 11 is 0. The van der Waals surface area contributed by atoms with E-state index < -0.39 is 5.97 Å². The zero-order chi connectivity index (χ0) is 15.5. The van der Waals surface area contributed by atoms with Crippen LogP contribution in [-0.2, 0) is 5.41 Å². The topological polar surface area (TPSA) is 56.7 Å². The van der Waals surface area contributed by atoms with Gasteiger partial charge in [0.25, 0.3) is 0 Å². The highest BCUT2D eigenvalue weighted by atomic mass is 16.4. The van der Waals surface area contributed by atoms with Crippen molar-refractivity contribution in [3.8, 4) is 0 Å². The molecule has 0 saturated heterocycles. The van der Waals surface area contributed by atoms with E-state index >= 15 is 0 Å². The zero-order valence-corrected chi connectivity index (χ0v) is 13.3. The van der Waals surface area contributed by atoms with Crippen molar-refractivity contribution < 1.29 is 9.90 Å². The van der Waals surface area contributed by atoms with Crippen LogP contribution >= 0.6 is 0 Å². The first-order chi connectivity index (χ1) is 9.11. The Hall–Kier alpha value is -1.62. The van der Waals surface area contributed by atoms with Crippen molar-refractivity contribution in [1.29, 1.82) is 0 Å². The maximum Gasteiger partial charge on any atom is 0.335 e. The fraction of sp³-hybridized carbons (Fsp3) is 0.600. The second-order valence-corrected chi connectivity index (χ2v) is 6.38. The predicted molar refractivity (Wildman–Crippen MR) is 81.7 cm³/mol. The lowest BCUT2D eigenvalue weighted by Gasteiger charge is -2.24. The molecule has 0 fully saturated rings. The first-order valence-electron chi connectivity index (χ1n) is 6.73. The molecular weight excluding hydrogens is 254 g/mol. The van der Waals surface area contributed by atoms with E-state index in [1.54, 1.807) is 12.1 Å². The molecule has 0 radical (unpaired) electrons. The lowest BCUT2D eigenvalue weighted by Crippen LogP contribution is -2.30. The van der Waals surface area contributed by atoms with Crippen molar-refractivity contribution in [2.75, 3.05) is 39.1 Å². The van der Waals surface area contributed by atoms with E-state index in [4.69, 9.17) is 0 Å². The first-order valence-corrected chi connectivity index (χ1v) is 6.73. The predicted octanol–water partition coefficient (Wildman–Crippen LogP) is 2.08. The molecule has 0 aliphatic carbocycles. The Bertz CT molecular complexity index is 478. The van der Waals surface area contributed by atoms with E-state index in [0.717, 1.165) is 18.8 Å². The molecule has 5 heteroatoms. The smallest absolute Gasteiger partial charge is 0.335 e. The molecule has 20 heavy (non-hydrogen) atoms. The van der Waals surface area contributed by atoms with Gasteiger partial charge in [0.15, 0.2) is 0 Å². The Balaban J connectivity index is 3.12. The van der Waals surface area contributed by atoms with Crippen molar-refractivity contribution >= 4 is 11.8 Å². The maximum absolute atomic E-state index is 11.3. The summed E-state index contributed by atoms with van der Waals surface area (Å²) < 4.78 is 0. The third kappa shape index (κ3) is 4.49. The first kappa shape index (κ1) is 16.4. The summed E-state index contributed by atoms with van der Waals surface area (Å²) in [5, 5.41) is 9.24. The third-order valence-corrected chi connectivity index (χ3v) is 3.10. The molecule has 0 saturated carbocycles. The molecule has 5 nitrogen and oxygen atoms in total. The average molecular weight is 279 g/mol. The molecule has 0 aliphatic rings. The van der Waals surface area contributed by atoms with E-state index in [-0.39, 0.29) is 11.0 Å². The Kier molecular flexibility index (Phi) is 5.11. The van der Waals surface area contributed by atoms with Gasteiger partial charge in [-0.15, -0.1) is 0 Å². The quantitative estimate of drug-likeness (QED) is 0.894. The van der Waals surface area contributed by atoms with E-state index in [1.807, 2.05) is 46.8 Å². The molecule has 1 rings (SSSR count). The summed E-state index contributed by atoms with van der Waals surface area (Å²) in [6, 6.07) is 3.29. The number of aromatic nitrogens is 1. The second-order valence-electron chi connectivity index (χ2n) is 6.38. The highest BCUT2D eigenvalue weighted by Gasteiger charge is 2.20. The van der Waals surface area contributed by atoms with Gasteiger partial charge in [-0.2, -0.15) is 0 Å². The number of anilines is 1. The van der Waals surface area contributed by atoms with Crippen LogP contribution in [0.15, 0.2) is 12.1 Å². The number of nitrogens with zero attached hydrogens (tertiary/aromatic N) is 3. The molecule has 0 aromatic carbocycles. The van der Waals surface area contributed by atoms with Gasteiger partial charge in [0.2, 0.25) is 0 Å². The van der Waals surface area contributed by atoms with Crippen molar-refractivity contribution in [3.05, 3.63) is 23.4 Å². The lowest BCUT2D eigenvalue weighted by atomic mass is 9.90.